The van der Waals surface area contributed by atoms with Crippen molar-refractivity contribution in [3.8, 4) is 0 Å². The van der Waals surface area contributed by atoms with E-state index in [1.165, 1.54) is 38.5 Å². The largest absolute Gasteiger partial charge is 2.00 e. The van der Waals surface area contributed by atoms with E-state index in [-0.39, 0.29) is 35.6 Å². The van der Waals surface area contributed by atoms with E-state index in [1.807, 2.05) is 0 Å². The zero-order valence-corrected chi connectivity index (χ0v) is 11.7. The molecule has 0 unspecified atom stereocenters. The number of hydrogen-bond acceptors (Lipinski definition) is 0. The summed E-state index contributed by atoms with van der Waals surface area (Å²) in [6.07, 6.45) is 8.15. The molecule has 0 amide bonds. The van der Waals surface area contributed by atoms with Gasteiger partial charge in [-0.05, 0) is 0 Å². The van der Waals surface area contributed by atoms with Gasteiger partial charge >= 0.3 is 26.2 Å². The van der Waals surface area contributed by atoms with Gasteiger partial charge in [0.15, 0.2) is 0 Å². The molecule has 0 saturated carbocycles. The van der Waals surface area contributed by atoms with Crippen LogP contribution in [0.3, 0.4) is 0 Å². The van der Waals surface area contributed by atoms with Gasteiger partial charge < -0.3 is 10.6 Å². The second kappa shape index (κ2) is 17.1. The molecule has 2 nitrogen and oxygen atoms in total. The van der Waals surface area contributed by atoms with Gasteiger partial charge in [0.2, 0.25) is 0 Å². The van der Waals surface area contributed by atoms with Gasteiger partial charge in [-0.15, -0.1) is 26.2 Å². The summed E-state index contributed by atoms with van der Waals surface area (Å²) in [5, 5.41) is 8.35. The first-order valence-electron chi connectivity index (χ1n) is 5.26. The van der Waals surface area contributed by atoms with Gasteiger partial charge in [0.1, 0.15) is 0 Å². The predicted molar refractivity (Wildman–Crippen MR) is 58.9 cm³/mol. The fourth-order valence-electron chi connectivity index (χ4n) is 1.47. The maximum absolute atomic E-state index is 4.18. The minimum absolute atomic E-state index is 0. The van der Waals surface area contributed by atoms with Crippen molar-refractivity contribution in [2.45, 2.75) is 38.5 Å². The Balaban J connectivity index is -0.000000160. The van der Waals surface area contributed by atoms with Crippen LogP contribution < -0.4 is 0 Å². The van der Waals surface area contributed by atoms with Crippen LogP contribution in [0.1, 0.15) is 38.5 Å². The van der Waals surface area contributed by atoms with Gasteiger partial charge in [-0.3, -0.25) is 9.41 Å². The van der Waals surface area contributed by atoms with Gasteiger partial charge in [0, 0.05) is 0 Å². The topological polar surface area (TPSA) is 28.2 Å². The van der Waals surface area contributed by atoms with Crippen LogP contribution in [-0.4, -0.2) is 26.2 Å². The van der Waals surface area contributed by atoms with Crippen LogP contribution in [-0.2, 0) is 26.2 Å². The first kappa shape index (κ1) is 21.0. The summed E-state index contributed by atoms with van der Waals surface area (Å²) < 4.78 is 0. The Labute approximate surface area is 111 Å². The minimum Gasteiger partial charge on any atom is -0.662 e. The smallest absolute Gasteiger partial charge is 0.662 e. The molecule has 0 atom stereocenters. The molecule has 0 aromatic carbocycles. The van der Waals surface area contributed by atoms with Gasteiger partial charge in [0.05, 0.1) is 0 Å². The summed E-state index contributed by atoms with van der Waals surface area (Å²) in [7, 11) is 0. The molecule has 0 aromatic heterocycles. The third-order valence-electron chi connectivity index (χ3n) is 2.26. The van der Waals surface area contributed by atoms with Crippen LogP contribution >= 0.6 is 0 Å². The number of rotatable bonds is 0. The molecule has 5 heteroatoms. The maximum Gasteiger partial charge on any atom is 2.00 e. The zero-order valence-electron chi connectivity index (χ0n) is 9.28. The summed E-state index contributed by atoms with van der Waals surface area (Å²) in [5.74, 6) is 0. The molecule has 2 rings (SSSR count). The molecular weight excluding hydrogens is 277 g/mol. The van der Waals surface area contributed by atoms with Crippen LogP contribution in [0.2, 0.25) is 0 Å². The van der Waals surface area contributed by atoms with Gasteiger partial charge in [-0.2, -0.15) is 0 Å². The van der Waals surface area contributed by atoms with Crippen LogP contribution in [0, 0.1) is 0 Å². The Morgan fingerprint density at radius 2 is 0.733 bits per heavy atom. The quantitative estimate of drug-likeness (QED) is 0.656. The second-order valence-electron chi connectivity index (χ2n) is 3.46. The van der Waals surface area contributed by atoms with Gasteiger partial charge in [-0.25, -0.2) is 0 Å². The Morgan fingerprint density at radius 3 is 0.800 bits per heavy atom. The van der Waals surface area contributed by atoms with Crippen molar-refractivity contribution in [3.05, 3.63) is 10.6 Å². The summed E-state index contributed by atoms with van der Waals surface area (Å²) in [4.78, 5) is 0. The second-order valence-corrected chi connectivity index (χ2v) is 3.46. The summed E-state index contributed by atoms with van der Waals surface area (Å²) >= 11 is 0. The molecule has 2 heterocycles. The van der Waals surface area contributed by atoms with Gasteiger partial charge in [0.25, 0.3) is 0 Å². The fourth-order valence-corrected chi connectivity index (χ4v) is 1.47. The van der Waals surface area contributed by atoms with Gasteiger partial charge in [-0.1, -0.05) is 38.5 Å². The van der Waals surface area contributed by atoms with E-state index >= 15 is 0 Å². The molecule has 0 N–H and O–H groups in total. The van der Waals surface area contributed by atoms with E-state index in [0.29, 0.717) is 0 Å². The predicted octanol–water partition coefficient (Wildman–Crippen LogP) is 3.39. The van der Waals surface area contributed by atoms with E-state index in [1.54, 1.807) is 0 Å². The molecule has 15 heavy (non-hydrogen) atoms. The third kappa shape index (κ3) is 14.7. The number of halogens is 2. The van der Waals surface area contributed by atoms with Crippen molar-refractivity contribution >= 4 is 0 Å². The van der Waals surface area contributed by atoms with Crippen LogP contribution in [0.4, 0.5) is 9.41 Å². The number of nitrogens with zero attached hydrogens (tertiary/aromatic N) is 2. The average Bonchev–Trinajstić information content (AvgIpc) is 2.24. The third-order valence-corrected chi connectivity index (χ3v) is 2.26. The average molecular weight is 300 g/mol. The molecule has 2 aliphatic heterocycles. The Hall–Kier alpha value is 0.663. The first-order chi connectivity index (χ1) is 6.00. The summed E-state index contributed by atoms with van der Waals surface area (Å²) in [5.41, 5.74) is 0. The molecule has 0 aromatic rings. The normalized spacial score (nSPS) is 19.2. The molecule has 2 saturated heterocycles. The Kier molecular flexibility index (Phi) is 23.9. The van der Waals surface area contributed by atoms with E-state index < -0.39 is 0 Å². The first-order valence-corrected chi connectivity index (χ1v) is 5.26. The van der Waals surface area contributed by atoms with Crippen molar-refractivity contribution < 1.29 is 35.6 Å². The molecule has 0 spiro atoms. The van der Waals surface area contributed by atoms with Crippen molar-refractivity contribution in [2.75, 3.05) is 26.2 Å². The van der Waals surface area contributed by atoms with Crippen molar-refractivity contribution in [3.63, 3.8) is 0 Å². The zero-order chi connectivity index (χ0) is 8.49. The maximum atomic E-state index is 4.18. The van der Waals surface area contributed by atoms with E-state index in [0.717, 1.165) is 26.2 Å². The number of piperidine rings is 2. The van der Waals surface area contributed by atoms with Crippen LogP contribution in [0.5, 0.6) is 0 Å². The number of hydrogen-bond donors (Lipinski definition) is 0. The van der Waals surface area contributed by atoms with Crippen molar-refractivity contribution in [2.24, 2.45) is 0 Å². The Bertz CT molecular complexity index is 64.4. The summed E-state index contributed by atoms with van der Waals surface area (Å²) in [6.45, 7) is 4.50. The van der Waals surface area contributed by atoms with E-state index in [9.17, 15) is 0 Å². The van der Waals surface area contributed by atoms with E-state index in [2.05, 4.69) is 10.6 Å². The molecule has 0 radical (unpaired) electrons. The molecule has 90 valence electrons. The SMILES string of the molecule is C1CC[N-]CC1.C1CC[N-]CC1.F.F.[Zr+2]. The molecular formula is C10H22F2N2Zr. The molecule has 2 aliphatic rings. The monoisotopic (exact) mass is 298 g/mol. The minimum atomic E-state index is 0. The standard InChI is InChI=1S/2C5H10N.2FH.Zr/c2*1-2-4-6-5-3-1;;;/h2*1-5H2;2*1H;/q2*-1;;;+2. The Morgan fingerprint density at radius 1 is 0.467 bits per heavy atom. The van der Waals surface area contributed by atoms with Crippen LogP contribution in [0.15, 0.2) is 0 Å². The van der Waals surface area contributed by atoms with Crippen molar-refractivity contribution in [1.82, 2.24) is 0 Å². The molecule has 0 bridgehead atoms. The van der Waals surface area contributed by atoms with Crippen LogP contribution in [0.25, 0.3) is 10.6 Å². The summed E-state index contributed by atoms with van der Waals surface area (Å²) in [6, 6.07) is 0. The molecule has 2 fully saturated rings. The molecule has 0 aliphatic carbocycles. The fraction of sp³-hybridized carbons (Fsp3) is 1.00. The van der Waals surface area contributed by atoms with Crippen molar-refractivity contribution in [1.29, 1.82) is 0 Å². The van der Waals surface area contributed by atoms with E-state index in [4.69, 9.17) is 0 Å².